The Bertz CT molecular complexity index is 4060. The van der Waals surface area contributed by atoms with Crippen molar-refractivity contribution in [2.24, 2.45) is 5.92 Å². The van der Waals surface area contributed by atoms with Crippen LogP contribution in [0.1, 0.15) is 18.7 Å². The molecule has 44 nitrogen and oxygen atoms in total. The van der Waals surface area contributed by atoms with E-state index in [-0.39, 0.29) is 78.9 Å². The van der Waals surface area contributed by atoms with Crippen molar-refractivity contribution in [2.45, 2.75) is 81.9 Å². The number of imidazole rings is 3. The van der Waals surface area contributed by atoms with E-state index in [0.717, 1.165) is 0 Å². The van der Waals surface area contributed by atoms with E-state index in [4.69, 9.17) is 78.7 Å². The van der Waals surface area contributed by atoms with Crippen LogP contribution in [0.25, 0.3) is 44.5 Å². The number of H-pyrrole nitrogens is 3. The molecule has 0 aliphatic carbocycles. The van der Waals surface area contributed by atoms with E-state index >= 15 is 0 Å². The van der Waals surface area contributed by atoms with E-state index in [2.05, 4.69) is 76.1 Å². The Labute approximate surface area is 516 Å². The van der Waals surface area contributed by atoms with Crippen LogP contribution in [0.3, 0.4) is 0 Å². The highest BCUT2D eigenvalue weighted by Crippen LogP contribution is 2.51. The molecule has 0 saturated carbocycles. The molecule has 0 amide bonds. The summed E-state index contributed by atoms with van der Waals surface area (Å²) >= 11 is 0. The summed E-state index contributed by atoms with van der Waals surface area (Å²) in [5, 5.41) is 24.4. The number of aromatic amines is 3. The summed E-state index contributed by atoms with van der Waals surface area (Å²) in [4.78, 5) is 115. The molecule has 9 rings (SSSR count). The molecule has 92 heavy (non-hydrogen) atoms. The van der Waals surface area contributed by atoms with Gasteiger partial charge < -0.3 is 77.1 Å². The molecule has 8 aromatic heterocycles. The predicted molar refractivity (Wildman–Crippen MR) is 314 cm³/mol. The number of ether oxygens (including phenoxy) is 4. The average Bonchev–Trinajstić information content (AvgIpc) is 1.70. The lowest BCUT2D eigenvalue weighted by molar-refractivity contribution is -0.137. The summed E-state index contributed by atoms with van der Waals surface area (Å²) in [6, 6.07) is 0. The summed E-state index contributed by atoms with van der Waals surface area (Å²) in [7, 11) is -12.3. The van der Waals surface area contributed by atoms with Gasteiger partial charge in [-0.25, -0.2) is 48.6 Å². The standard InChI is InChI=1S/C45H67N22O22P3/c1-21(23(6-50-5-22-7-51-30-29(22)52-14-53-36(30)46)9-81-92(76,77)89-34-25(8-68)84-43(35(34)80-4)67-18-58-33-40(67)62-45(49)64-42(33)71)87-90(72,73)83-13-27(86-60-20-66-17-57-32-39(66)61-44(48)63-41(32)70)28(11-79-3)88-91(74,75)82-12-26(24(69)10-78-2)85-59-19-65-16-56-31-37(47)54-15-55-38(31)65/h7,14-18,21,23-28,34-35,43,50-51,59-60,68-69H,5-6,8-13,19-20H2,1-4H3,(H,72,73)(H,74,75)(H,76,77)(H2,46,52,53)(H2,47,54,55)(H3,48,61,63,70)(H3,49,62,64,71)/t21?,23-,24?,25-,26-,27-,28?,34?,35?,43-/m1/s1. The Morgan fingerprint density at radius 1 is 0.674 bits per heavy atom. The second-order valence-electron chi connectivity index (χ2n) is 20.1. The van der Waals surface area contributed by atoms with Crippen molar-refractivity contribution in [1.29, 1.82) is 0 Å². The van der Waals surface area contributed by atoms with Crippen LogP contribution >= 0.6 is 23.5 Å². The van der Waals surface area contributed by atoms with Crippen molar-refractivity contribution >= 4 is 91.5 Å². The van der Waals surface area contributed by atoms with Gasteiger partial charge in [0.15, 0.2) is 45.8 Å². The normalized spacial score (nSPS) is 20.3. The number of aliphatic hydroxyl groups is 2. The first-order chi connectivity index (χ1) is 43.9. The van der Waals surface area contributed by atoms with E-state index in [1.165, 1.54) is 73.6 Å². The third-order valence-electron chi connectivity index (χ3n) is 13.9. The number of nitrogens with two attached hydrogens (primary N) is 4. The van der Waals surface area contributed by atoms with Crippen LogP contribution in [0.4, 0.5) is 23.5 Å². The first-order valence-electron chi connectivity index (χ1n) is 27.2. The molecule has 504 valence electrons. The number of phosphoric ester groups is 3. The van der Waals surface area contributed by atoms with Gasteiger partial charge in [-0.05, 0) is 6.92 Å². The Hall–Kier alpha value is -7.04. The largest absolute Gasteiger partial charge is 0.472 e. The zero-order chi connectivity index (χ0) is 66.1. The highest BCUT2D eigenvalue weighted by molar-refractivity contribution is 7.48. The second-order valence-corrected chi connectivity index (χ2v) is 24.3. The van der Waals surface area contributed by atoms with Crippen molar-refractivity contribution in [3.8, 4) is 0 Å². The van der Waals surface area contributed by atoms with E-state index in [1.807, 2.05) is 0 Å². The minimum absolute atomic E-state index is 0.00969. The van der Waals surface area contributed by atoms with Crippen LogP contribution in [-0.4, -0.2) is 215 Å². The SMILES string of the molecule is COCC(O)[C@@H](COP(=O)(O)OC(COC)[C@@H](COP(=O)(O)OC(C)[C@H](CNCc1c[nH]c2c(N)ncnc12)COP(=O)(O)OC1C(OC)[C@H](n2cnc3c(=O)[nH]c(N)nc32)O[C@@H]1CO)ONCn1cnc2c(=O)[nH]c(N)nc21)ONCn1cnc2c(N)ncnc21. The molecule has 9 heterocycles. The zero-order valence-electron chi connectivity index (χ0n) is 49.0. The smallest absolute Gasteiger partial charge is 0.394 e. The highest BCUT2D eigenvalue weighted by Gasteiger charge is 2.51. The maximum absolute atomic E-state index is 14.2. The number of phosphoric acid groups is 3. The molecule has 1 fully saturated rings. The van der Waals surface area contributed by atoms with Crippen LogP contribution in [0, 0.1) is 5.92 Å². The molecule has 1 aliphatic heterocycles. The number of aliphatic hydroxyl groups excluding tert-OH is 2. The molecule has 19 N–H and O–H groups in total. The fourth-order valence-corrected chi connectivity index (χ4v) is 12.3. The van der Waals surface area contributed by atoms with Crippen LogP contribution in [-0.2, 0) is 89.3 Å². The molecule has 1 saturated heterocycles. The molecule has 8 aromatic rings. The topological polar surface area (TPSA) is 616 Å². The van der Waals surface area contributed by atoms with Crippen LogP contribution < -0.4 is 50.3 Å². The third-order valence-corrected chi connectivity index (χ3v) is 16.9. The van der Waals surface area contributed by atoms with Gasteiger partial charge in [0.25, 0.3) is 11.1 Å². The summed E-state index contributed by atoms with van der Waals surface area (Å²) < 4.78 is 101. The Kier molecular flexibility index (Phi) is 22.9. The van der Waals surface area contributed by atoms with E-state index in [1.54, 1.807) is 6.20 Å². The number of nitrogens with zero attached hydrogens (tertiary/aromatic N) is 12. The minimum Gasteiger partial charge on any atom is -0.394 e. The summed E-state index contributed by atoms with van der Waals surface area (Å²) in [5.74, 6) is -1.40. The quantitative estimate of drug-likeness (QED) is 0.0135. The van der Waals surface area contributed by atoms with Gasteiger partial charge in [-0.1, -0.05) is 0 Å². The molecule has 8 unspecified atom stereocenters. The van der Waals surface area contributed by atoms with E-state index < -0.39 is 129 Å². The van der Waals surface area contributed by atoms with Crippen LogP contribution in [0.2, 0.25) is 0 Å². The molecule has 0 radical (unpaired) electrons. The molecular formula is C45H67N22O22P3. The lowest BCUT2D eigenvalue weighted by atomic mass is 10.1. The maximum Gasteiger partial charge on any atom is 0.472 e. The van der Waals surface area contributed by atoms with Gasteiger partial charge in [0.05, 0.1) is 83.6 Å². The molecule has 47 heteroatoms. The number of nitrogens with one attached hydrogen (secondary N) is 6. The Balaban J connectivity index is 0.905. The second kappa shape index (κ2) is 30.4. The minimum atomic E-state index is -5.38. The summed E-state index contributed by atoms with van der Waals surface area (Å²) in [6.07, 6.45) is -5.50. The van der Waals surface area contributed by atoms with Crippen molar-refractivity contribution in [3.05, 3.63) is 64.1 Å². The number of hydrogen-bond donors (Lipinski definition) is 15. The van der Waals surface area contributed by atoms with Crippen molar-refractivity contribution in [2.75, 3.05) is 90.5 Å². The number of methoxy groups -OCH3 is 3. The monoisotopic (exact) mass is 1360 g/mol. The Morgan fingerprint density at radius 2 is 1.27 bits per heavy atom. The van der Waals surface area contributed by atoms with Crippen molar-refractivity contribution in [3.63, 3.8) is 0 Å². The van der Waals surface area contributed by atoms with Gasteiger partial charge in [-0.15, -0.1) is 0 Å². The van der Waals surface area contributed by atoms with Gasteiger partial charge >= 0.3 is 23.5 Å². The van der Waals surface area contributed by atoms with Gasteiger partial charge in [-0.2, -0.15) is 20.9 Å². The molecular weight excluding hydrogens is 1290 g/mol. The molecule has 0 aromatic carbocycles. The number of aromatic nitrogens is 15. The number of hydroxylamine groups is 2. The fraction of sp³-hybridized carbons (Fsp3) is 0.533. The number of rotatable bonds is 37. The third kappa shape index (κ3) is 16.8. The van der Waals surface area contributed by atoms with Gasteiger partial charge in [-0.3, -0.25) is 70.1 Å². The predicted octanol–water partition coefficient (Wildman–Crippen LogP) is -3.12. The first kappa shape index (κ1) is 69.3. The zero-order valence-corrected chi connectivity index (χ0v) is 51.7. The molecule has 1 aliphatic rings. The summed E-state index contributed by atoms with van der Waals surface area (Å²) in [5.41, 5.74) is 29.1. The lowest BCUT2D eigenvalue weighted by Crippen LogP contribution is -2.42. The van der Waals surface area contributed by atoms with E-state index in [9.17, 15) is 48.2 Å². The lowest BCUT2D eigenvalue weighted by Gasteiger charge is -2.30. The maximum atomic E-state index is 14.2. The number of fused-ring (bicyclic) bond motifs is 4. The average molecular weight is 1360 g/mol. The van der Waals surface area contributed by atoms with Gasteiger partial charge in [0.2, 0.25) is 11.9 Å². The van der Waals surface area contributed by atoms with Crippen molar-refractivity contribution in [1.82, 2.24) is 89.8 Å². The fourth-order valence-electron chi connectivity index (χ4n) is 9.34. The number of hydrogen-bond acceptors (Lipinski definition) is 35. The van der Waals surface area contributed by atoms with Gasteiger partial charge in [0.1, 0.15) is 66.4 Å². The highest BCUT2D eigenvalue weighted by atomic mass is 31.2. The number of nitrogen functional groups attached to an aromatic ring is 4. The van der Waals surface area contributed by atoms with Crippen molar-refractivity contribution < 1.29 is 94.4 Å². The molecule has 0 spiro atoms. The Morgan fingerprint density at radius 3 is 1.96 bits per heavy atom. The van der Waals surface area contributed by atoms with E-state index in [0.29, 0.717) is 27.8 Å². The van der Waals surface area contributed by atoms with Crippen LogP contribution in [0.15, 0.2) is 47.4 Å². The molecule has 13 atom stereocenters. The van der Waals surface area contributed by atoms with Gasteiger partial charge in [0, 0.05) is 52.1 Å². The summed E-state index contributed by atoms with van der Waals surface area (Å²) in [6.45, 7) is -3.75. The number of anilines is 4. The van der Waals surface area contributed by atoms with Crippen LogP contribution in [0.5, 0.6) is 0 Å². The molecule has 0 bridgehead atoms. The first-order valence-corrected chi connectivity index (χ1v) is 31.7.